The first-order chi connectivity index (χ1) is 14.1. The van der Waals surface area contributed by atoms with E-state index >= 15 is 0 Å². The Bertz CT molecular complexity index is 1010. The van der Waals surface area contributed by atoms with Gasteiger partial charge in [0, 0.05) is 12.1 Å². The van der Waals surface area contributed by atoms with Crippen LogP contribution in [0.3, 0.4) is 0 Å². The molecule has 2 heterocycles. The van der Waals surface area contributed by atoms with Gasteiger partial charge in [-0.3, -0.25) is 0 Å². The van der Waals surface area contributed by atoms with Crippen LogP contribution < -0.4 is 20.1 Å². The van der Waals surface area contributed by atoms with Crippen LogP contribution >= 0.6 is 0 Å². The van der Waals surface area contributed by atoms with Crippen LogP contribution in [0, 0.1) is 5.82 Å². The van der Waals surface area contributed by atoms with Gasteiger partial charge in [-0.05, 0) is 48.9 Å². The van der Waals surface area contributed by atoms with E-state index in [4.69, 9.17) is 14.0 Å². The first kappa shape index (κ1) is 18.7. The summed E-state index contributed by atoms with van der Waals surface area (Å²) in [6.45, 7) is 3.08. The second-order valence-corrected chi connectivity index (χ2v) is 6.49. The second-order valence-electron chi connectivity index (χ2n) is 6.49. The van der Waals surface area contributed by atoms with E-state index in [-0.39, 0.29) is 17.7 Å². The molecule has 2 N–H and O–H groups in total. The number of urea groups is 1. The van der Waals surface area contributed by atoms with Crippen LogP contribution in [0.25, 0.3) is 11.4 Å². The number of hydrogen-bond donors (Lipinski definition) is 2. The molecule has 0 radical (unpaired) electrons. The van der Waals surface area contributed by atoms with Gasteiger partial charge in [0.05, 0.1) is 0 Å². The number of halogens is 1. The van der Waals surface area contributed by atoms with Gasteiger partial charge in [-0.15, -0.1) is 0 Å². The molecule has 0 saturated carbocycles. The van der Waals surface area contributed by atoms with Gasteiger partial charge in [0.2, 0.25) is 11.7 Å². The van der Waals surface area contributed by atoms with Crippen LogP contribution in [0.5, 0.6) is 11.5 Å². The van der Waals surface area contributed by atoms with Crippen LogP contribution in [0.2, 0.25) is 0 Å². The number of ether oxygens (including phenoxy) is 2. The maximum atomic E-state index is 13.0. The van der Waals surface area contributed by atoms with Crippen LogP contribution in [-0.4, -0.2) is 29.4 Å². The topological polar surface area (TPSA) is 98.5 Å². The quantitative estimate of drug-likeness (QED) is 0.685. The summed E-state index contributed by atoms with van der Waals surface area (Å²) in [6.07, 6.45) is 0. The number of hydrogen-bond acceptors (Lipinski definition) is 6. The molecule has 0 aliphatic carbocycles. The van der Waals surface area contributed by atoms with Crippen molar-refractivity contribution in [2.24, 2.45) is 0 Å². The minimum Gasteiger partial charge on any atom is -0.486 e. The fourth-order valence-corrected chi connectivity index (χ4v) is 2.82. The van der Waals surface area contributed by atoms with Gasteiger partial charge in [-0.25, -0.2) is 9.18 Å². The summed E-state index contributed by atoms with van der Waals surface area (Å²) < 4.78 is 29.3. The predicted molar refractivity (Wildman–Crippen MR) is 101 cm³/mol. The normalized spacial score (nSPS) is 13.6. The van der Waals surface area contributed by atoms with Crippen molar-refractivity contribution in [3.63, 3.8) is 0 Å². The standard InChI is InChI=1S/C20H19FN4O4/c1-12(19-24-18(25-29-19)14-3-5-15(21)6-4-14)23-20(26)22-11-13-2-7-16-17(10-13)28-9-8-27-16/h2-7,10,12H,8-9,11H2,1H3,(H2,22,23,26). The van der Waals surface area contributed by atoms with Gasteiger partial charge in [-0.1, -0.05) is 11.2 Å². The van der Waals surface area contributed by atoms with E-state index in [1.54, 1.807) is 19.1 Å². The molecule has 1 unspecified atom stereocenters. The number of nitrogens with zero attached hydrogens (tertiary/aromatic N) is 2. The van der Waals surface area contributed by atoms with Crippen LogP contribution in [0.1, 0.15) is 24.4 Å². The van der Waals surface area contributed by atoms with E-state index in [0.29, 0.717) is 42.6 Å². The average Bonchev–Trinajstić information content (AvgIpc) is 3.23. The number of carbonyl (C=O) groups excluding carboxylic acids is 1. The summed E-state index contributed by atoms with van der Waals surface area (Å²) >= 11 is 0. The molecule has 3 aromatic rings. The van der Waals surface area contributed by atoms with E-state index < -0.39 is 6.04 Å². The molecule has 9 heteroatoms. The van der Waals surface area contributed by atoms with Crippen molar-refractivity contribution in [1.29, 1.82) is 0 Å². The van der Waals surface area contributed by atoms with E-state index in [2.05, 4.69) is 20.8 Å². The Morgan fingerprint density at radius 3 is 2.69 bits per heavy atom. The second kappa shape index (κ2) is 8.17. The monoisotopic (exact) mass is 398 g/mol. The first-order valence-corrected chi connectivity index (χ1v) is 9.11. The van der Waals surface area contributed by atoms with Gasteiger partial charge in [0.15, 0.2) is 11.5 Å². The zero-order valence-corrected chi connectivity index (χ0v) is 15.6. The minimum atomic E-state index is -0.503. The molecule has 1 atom stereocenters. The van der Waals surface area contributed by atoms with Gasteiger partial charge in [0.25, 0.3) is 0 Å². The Morgan fingerprint density at radius 1 is 1.14 bits per heavy atom. The van der Waals surface area contributed by atoms with Crippen LogP contribution in [0.4, 0.5) is 9.18 Å². The molecule has 0 bridgehead atoms. The zero-order chi connectivity index (χ0) is 20.2. The third-order valence-corrected chi connectivity index (χ3v) is 4.32. The van der Waals surface area contributed by atoms with Crippen molar-refractivity contribution in [2.75, 3.05) is 13.2 Å². The molecule has 0 fully saturated rings. The number of amides is 2. The van der Waals surface area contributed by atoms with Gasteiger partial charge >= 0.3 is 6.03 Å². The Balaban J connectivity index is 1.32. The van der Waals surface area contributed by atoms with Crippen molar-refractivity contribution in [2.45, 2.75) is 19.5 Å². The SMILES string of the molecule is CC(NC(=O)NCc1ccc2c(c1)OCCO2)c1nc(-c2ccc(F)cc2)no1. The number of aromatic nitrogens is 2. The molecule has 2 aromatic carbocycles. The predicted octanol–water partition coefficient (Wildman–Crippen LogP) is 3.21. The van der Waals surface area contributed by atoms with E-state index in [0.717, 1.165) is 5.56 Å². The lowest BCUT2D eigenvalue weighted by Gasteiger charge is -2.19. The molecule has 2 amide bonds. The molecular formula is C20H19FN4O4. The highest BCUT2D eigenvalue weighted by atomic mass is 19.1. The third-order valence-electron chi connectivity index (χ3n) is 4.32. The lowest BCUT2D eigenvalue weighted by molar-refractivity contribution is 0.171. The summed E-state index contributed by atoms with van der Waals surface area (Å²) in [7, 11) is 0. The largest absolute Gasteiger partial charge is 0.486 e. The molecule has 4 rings (SSSR count). The van der Waals surface area contributed by atoms with Gasteiger partial charge in [-0.2, -0.15) is 4.98 Å². The van der Waals surface area contributed by atoms with Crippen molar-refractivity contribution in [1.82, 2.24) is 20.8 Å². The molecule has 1 aromatic heterocycles. The molecule has 1 aliphatic rings. The molecular weight excluding hydrogens is 379 g/mol. The Morgan fingerprint density at radius 2 is 1.90 bits per heavy atom. The molecule has 8 nitrogen and oxygen atoms in total. The lowest BCUT2D eigenvalue weighted by atomic mass is 10.2. The van der Waals surface area contributed by atoms with Crippen LogP contribution in [0.15, 0.2) is 47.0 Å². The van der Waals surface area contributed by atoms with E-state index in [1.807, 2.05) is 18.2 Å². The first-order valence-electron chi connectivity index (χ1n) is 9.11. The summed E-state index contributed by atoms with van der Waals surface area (Å²) in [5.41, 5.74) is 1.50. The van der Waals surface area contributed by atoms with Gasteiger partial charge in [0.1, 0.15) is 25.1 Å². The summed E-state index contributed by atoms with van der Waals surface area (Å²) in [5.74, 6) is 1.60. The Hall–Kier alpha value is -3.62. The van der Waals surface area contributed by atoms with E-state index in [9.17, 15) is 9.18 Å². The fraction of sp³-hybridized carbons (Fsp3) is 0.250. The highest BCUT2D eigenvalue weighted by Crippen LogP contribution is 2.30. The molecule has 150 valence electrons. The van der Waals surface area contributed by atoms with E-state index in [1.165, 1.54) is 12.1 Å². The number of nitrogens with one attached hydrogen (secondary N) is 2. The number of benzene rings is 2. The number of fused-ring (bicyclic) bond motifs is 1. The van der Waals surface area contributed by atoms with Crippen molar-refractivity contribution >= 4 is 6.03 Å². The maximum Gasteiger partial charge on any atom is 0.315 e. The minimum absolute atomic E-state index is 0.249. The third kappa shape index (κ3) is 4.45. The molecule has 29 heavy (non-hydrogen) atoms. The fourth-order valence-electron chi connectivity index (χ4n) is 2.82. The Labute approximate surface area is 166 Å². The Kier molecular flexibility index (Phi) is 5.28. The molecule has 0 spiro atoms. The number of carbonyl (C=O) groups is 1. The molecule has 1 aliphatic heterocycles. The molecule has 0 saturated heterocycles. The van der Waals surface area contributed by atoms with Crippen molar-refractivity contribution < 1.29 is 23.2 Å². The summed E-state index contributed by atoms with van der Waals surface area (Å²) in [6, 6.07) is 10.4. The maximum absolute atomic E-state index is 13.0. The lowest BCUT2D eigenvalue weighted by Crippen LogP contribution is -2.36. The number of rotatable bonds is 5. The highest BCUT2D eigenvalue weighted by Gasteiger charge is 2.18. The smallest absolute Gasteiger partial charge is 0.315 e. The average molecular weight is 398 g/mol. The van der Waals surface area contributed by atoms with Crippen molar-refractivity contribution in [3.8, 4) is 22.9 Å². The summed E-state index contributed by atoms with van der Waals surface area (Å²) in [5, 5.41) is 9.39. The van der Waals surface area contributed by atoms with Gasteiger partial charge < -0.3 is 24.6 Å². The van der Waals surface area contributed by atoms with Crippen LogP contribution in [-0.2, 0) is 6.54 Å². The van der Waals surface area contributed by atoms with Crippen molar-refractivity contribution in [3.05, 3.63) is 59.7 Å². The highest BCUT2D eigenvalue weighted by molar-refractivity contribution is 5.74. The zero-order valence-electron chi connectivity index (χ0n) is 15.6. The summed E-state index contributed by atoms with van der Waals surface area (Å²) in [4.78, 5) is 16.4.